The van der Waals surface area contributed by atoms with E-state index in [1.807, 2.05) is 34.7 Å². The van der Waals surface area contributed by atoms with Crippen molar-refractivity contribution in [3.8, 4) is 11.4 Å². The highest BCUT2D eigenvalue weighted by Gasteiger charge is 2.35. The van der Waals surface area contributed by atoms with Gasteiger partial charge in [0.1, 0.15) is 5.75 Å². The molecule has 2 aromatic rings. The molecule has 0 radical (unpaired) electrons. The first-order valence-electron chi connectivity index (χ1n) is 9.85. The molecule has 0 spiro atoms. The van der Waals surface area contributed by atoms with Crippen LogP contribution in [0.4, 0.5) is 5.69 Å². The number of rotatable bonds is 4. The van der Waals surface area contributed by atoms with Crippen LogP contribution in [0.1, 0.15) is 11.1 Å². The molecule has 6 heteroatoms. The Morgan fingerprint density at radius 1 is 1.14 bits per heavy atom. The molecular formula is C22H28N4O2. The van der Waals surface area contributed by atoms with Crippen LogP contribution in [0.3, 0.4) is 0 Å². The standard InChI is InChI=1S/C22H28N4O2/c1-4-22(28)26-14-19(15-26)24-9-7-23(8-10-24)18-5-6-25(13-18)20-11-16(2)17(3)12-21(20)27/h4-6,11-13,19,27H,1,7-10,14-15H2,2-3H3. The maximum Gasteiger partial charge on any atom is 0.246 e. The van der Waals surface area contributed by atoms with Gasteiger partial charge in [0.05, 0.1) is 11.4 Å². The minimum Gasteiger partial charge on any atom is -0.506 e. The fourth-order valence-corrected chi connectivity index (χ4v) is 4.06. The number of phenolic OH excluding ortho intramolecular Hbond substituents is 1. The molecule has 2 aliphatic heterocycles. The fourth-order valence-electron chi connectivity index (χ4n) is 4.06. The highest BCUT2D eigenvalue weighted by atomic mass is 16.3. The topological polar surface area (TPSA) is 52.0 Å². The van der Waals surface area contributed by atoms with Gasteiger partial charge in [-0.2, -0.15) is 0 Å². The molecule has 1 aromatic heterocycles. The molecule has 1 amide bonds. The number of anilines is 1. The van der Waals surface area contributed by atoms with Crippen LogP contribution in [0, 0.1) is 13.8 Å². The number of amides is 1. The Balaban J connectivity index is 1.37. The SMILES string of the molecule is C=CC(=O)N1CC(N2CCN(c3ccn(-c4cc(C)c(C)cc4O)c3)CC2)C1. The van der Waals surface area contributed by atoms with Gasteiger partial charge in [-0.1, -0.05) is 6.58 Å². The summed E-state index contributed by atoms with van der Waals surface area (Å²) in [6, 6.07) is 6.43. The van der Waals surface area contributed by atoms with Crippen molar-refractivity contribution in [3.05, 3.63) is 54.4 Å². The van der Waals surface area contributed by atoms with Gasteiger partial charge in [-0.05, 0) is 49.2 Å². The Bertz CT molecular complexity index is 890. The fraction of sp³-hybridized carbons (Fsp3) is 0.409. The first-order chi connectivity index (χ1) is 13.5. The summed E-state index contributed by atoms with van der Waals surface area (Å²) in [6.07, 6.45) is 5.50. The van der Waals surface area contributed by atoms with Crippen LogP contribution < -0.4 is 4.90 Å². The van der Waals surface area contributed by atoms with Gasteiger partial charge >= 0.3 is 0 Å². The number of benzene rings is 1. The van der Waals surface area contributed by atoms with Crippen molar-refractivity contribution in [3.63, 3.8) is 0 Å². The van der Waals surface area contributed by atoms with E-state index in [0.717, 1.165) is 50.5 Å². The van der Waals surface area contributed by atoms with E-state index < -0.39 is 0 Å². The molecule has 4 rings (SSSR count). The molecule has 0 unspecified atom stereocenters. The van der Waals surface area contributed by atoms with Crippen LogP contribution >= 0.6 is 0 Å². The predicted molar refractivity (Wildman–Crippen MR) is 111 cm³/mol. The Morgan fingerprint density at radius 2 is 1.82 bits per heavy atom. The third-order valence-corrected chi connectivity index (χ3v) is 6.09. The summed E-state index contributed by atoms with van der Waals surface area (Å²) in [7, 11) is 0. The number of piperazine rings is 1. The summed E-state index contributed by atoms with van der Waals surface area (Å²) in [6.45, 7) is 13.2. The summed E-state index contributed by atoms with van der Waals surface area (Å²) in [4.78, 5) is 18.3. The van der Waals surface area contributed by atoms with Crippen molar-refractivity contribution >= 4 is 11.6 Å². The Labute approximate surface area is 166 Å². The van der Waals surface area contributed by atoms with E-state index in [9.17, 15) is 9.90 Å². The highest BCUT2D eigenvalue weighted by Crippen LogP contribution is 2.28. The first kappa shape index (κ1) is 18.6. The number of nitrogens with zero attached hydrogens (tertiary/aromatic N) is 4. The summed E-state index contributed by atoms with van der Waals surface area (Å²) in [5, 5.41) is 10.3. The van der Waals surface area contributed by atoms with Crippen molar-refractivity contribution < 1.29 is 9.90 Å². The zero-order valence-corrected chi connectivity index (χ0v) is 16.6. The second kappa shape index (κ2) is 7.36. The van der Waals surface area contributed by atoms with Gasteiger partial charge in [-0.15, -0.1) is 0 Å². The molecule has 2 saturated heterocycles. The number of hydrogen-bond acceptors (Lipinski definition) is 4. The molecule has 6 nitrogen and oxygen atoms in total. The van der Waals surface area contributed by atoms with Crippen molar-refractivity contribution in [2.45, 2.75) is 19.9 Å². The van der Waals surface area contributed by atoms with Crippen LogP contribution in [0.25, 0.3) is 5.69 Å². The van der Waals surface area contributed by atoms with E-state index in [1.54, 1.807) is 0 Å². The lowest BCUT2D eigenvalue weighted by atomic mass is 10.1. The zero-order valence-electron chi connectivity index (χ0n) is 16.6. The van der Waals surface area contributed by atoms with Crippen molar-refractivity contribution in [2.24, 2.45) is 0 Å². The van der Waals surface area contributed by atoms with E-state index in [1.165, 1.54) is 17.3 Å². The van der Waals surface area contributed by atoms with Crippen LogP contribution in [0.5, 0.6) is 5.75 Å². The van der Waals surface area contributed by atoms with Crippen LogP contribution in [0.15, 0.2) is 43.2 Å². The molecule has 1 N–H and O–H groups in total. The van der Waals surface area contributed by atoms with Gasteiger partial charge < -0.3 is 19.5 Å². The van der Waals surface area contributed by atoms with E-state index in [2.05, 4.69) is 35.6 Å². The normalized spacial score (nSPS) is 18.2. The lowest BCUT2D eigenvalue weighted by Crippen LogP contribution is -2.64. The number of hydrogen-bond donors (Lipinski definition) is 1. The predicted octanol–water partition coefficient (Wildman–Crippen LogP) is 2.32. The van der Waals surface area contributed by atoms with E-state index in [-0.39, 0.29) is 5.91 Å². The quantitative estimate of drug-likeness (QED) is 0.827. The minimum atomic E-state index is 0.0332. The number of phenols is 1. The number of carbonyl (C=O) groups is 1. The number of aromatic nitrogens is 1. The van der Waals surface area contributed by atoms with Crippen LogP contribution in [-0.4, -0.2) is 70.7 Å². The largest absolute Gasteiger partial charge is 0.506 e. The van der Waals surface area contributed by atoms with Crippen molar-refractivity contribution in [2.75, 3.05) is 44.2 Å². The van der Waals surface area contributed by atoms with Crippen molar-refractivity contribution in [1.82, 2.24) is 14.4 Å². The van der Waals surface area contributed by atoms with Gasteiger partial charge in [-0.3, -0.25) is 9.69 Å². The maximum atomic E-state index is 11.6. The average Bonchev–Trinajstić information content (AvgIpc) is 3.13. The van der Waals surface area contributed by atoms with Gasteiger partial charge in [-0.25, -0.2) is 0 Å². The third kappa shape index (κ3) is 3.40. The number of aryl methyl sites for hydroxylation is 2. The van der Waals surface area contributed by atoms with Gasteiger partial charge in [0.2, 0.25) is 5.91 Å². The molecule has 0 aliphatic carbocycles. The number of aromatic hydroxyl groups is 1. The molecule has 2 aliphatic rings. The van der Waals surface area contributed by atoms with E-state index >= 15 is 0 Å². The monoisotopic (exact) mass is 380 g/mol. The first-order valence-corrected chi connectivity index (χ1v) is 9.85. The Morgan fingerprint density at radius 3 is 2.50 bits per heavy atom. The van der Waals surface area contributed by atoms with Crippen LogP contribution in [0.2, 0.25) is 0 Å². The van der Waals surface area contributed by atoms with Crippen LogP contribution in [-0.2, 0) is 4.79 Å². The summed E-state index contributed by atoms with van der Waals surface area (Å²) in [5.74, 6) is 0.337. The smallest absolute Gasteiger partial charge is 0.246 e. The van der Waals surface area contributed by atoms with Crippen molar-refractivity contribution in [1.29, 1.82) is 0 Å². The molecule has 148 valence electrons. The van der Waals surface area contributed by atoms with Gasteiger partial charge in [0, 0.05) is 57.7 Å². The molecule has 1 aromatic carbocycles. The Hall–Kier alpha value is -2.73. The minimum absolute atomic E-state index is 0.0332. The average molecular weight is 380 g/mol. The third-order valence-electron chi connectivity index (χ3n) is 6.09. The summed E-state index contributed by atoms with van der Waals surface area (Å²) < 4.78 is 1.99. The zero-order chi connectivity index (χ0) is 19.8. The van der Waals surface area contributed by atoms with Gasteiger partial charge in [0.25, 0.3) is 0 Å². The number of carbonyl (C=O) groups excluding carboxylic acids is 1. The molecule has 28 heavy (non-hydrogen) atoms. The summed E-state index contributed by atoms with van der Waals surface area (Å²) >= 11 is 0. The molecular weight excluding hydrogens is 352 g/mol. The maximum absolute atomic E-state index is 11.6. The number of likely N-dealkylation sites (tertiary alicyclic amines) is 1. The molecule has 3 heterocycles. The lowest BCUT2D eigenvalue weighted by molar-refractivity contribution is -0.133. The molecule has 0 atom stereocenters. The lowest BCUT2D eigenvalue weighted by Gasteiger charge is -2.48. The summed E-state index contributed by atoms with van der Waals surface area (Å²) in [5.41, 5.74) is 4.25. The second-order valence-electron chi connectivity index (χ2n) is 7.83. The second-order valence-corrected chi connectivity index (χ2v) is 7.83. The van der Waals surface area contributed by atoms with E-state index in [4.69, 9.17) is 0 Å². The molecule has 0 bridgehead atoms. The molecule has 2 fully saturated rings. The Kier molecular flexibility index (Phi) is 4.89. The molecule has 0 saturated carbocycles. The van der Waals surface area contributed by atoms with Gasteiger partial charge in [0.15, 0.2) is 0 Å². The van der Waals surface area contributed by atoms with E-state index in [0.29, 0.717) is 11.8 Å². The highest BCUT2D eigenvalue weighted by molar-refractivity contribution is 5.87.